The van der Waals surface area contributed by atoms with E-state index in [0.717, 1.165) is 28.1 Å². The minimum Gasteiger partial charge on any atom is -0.494 e. The van der Waals surface area contributed by atoms with E-state index >= 15 is 0 Å². The van der Waals surface area contributed by atoms with E-state index in [1.165, 1.54) is 0 Å². The number of carbonyl (C=O) groups is 1. The van der Waals surface area contributed by atoms with Crippen LogP contribution in [0.3, 0.4) is 0 Å². The van der Waals surface area contributed by atoms with Gasteiger partial charge in [-0.25, -0.2) is 4.68 Å². The fourth-order valence-corrected chi connectivity index (χ4v) is 5.90. The average Bonchev–Trinajstić information content (AvgIpc) is 3.39. The maximum absolute atomic E-state index is 14.0. The Kier molecular flexibility index (Phi) is 5.11. The topological polar surface area (TPSA) is 71.2 Å². The van der Waals surface area contributed by atoms with Crippen LogP contribution in [0.2, 0.25) is 10.0 Å². The van der Waals surface area contributed by atoms with E-state index in [4.69, 9.17) is 33.0 Å². The van der Waals surface area contributed by atoms with E-state index < -0.39 is 6.04 Å². The van der Waals surface area contributed by atoms with Crippen molar-refractivity contribution < 1.29 is 9.53 Å². The maximum Gasteiger partial charge on any atom is 0.280 e. The molecular weight excluding hydrogens is 495 g/mol. The molecular formula is C28H20Cl2N4O2. The van der Waals surface area contributed by atoms with Crippen molar-refractivity contribution in [2.24, 2.45) is 0 Å². The van der Waals surface area contributed by atoms with E-state index in [0.29, 0.717) is 38.3 Å². The second-order valence-electron chi connectivity index (χ2n) is 9.16. The summed E-state index contributed by atoms with van der Waals surface area (Å²) in [4.78, 5) is 15.7. The Morgan fingerprint density at radius 2 is 1.86 bits per heavy atom. The number of fused-ring (bicyclic) bond motifs is 8. The summed E-state index contributed by atoms with van der Waals surface area (Å²) in [6.45, 7) is 4.17. The molecule has 3 heterocycles. The van der Waals surface area contributed by atoms with Crippen LogP contribution in [0.15, 0.2) is 54.6 Å². The summed E-state index contributed by atoms with van der Waals surface area (Å²) in [5, 5.41) is 15.4. The number of hydrogen-bond acceptors (Lipinski definition) is 4. The van der Waals surface area contributed by atoms with Gasteiger partial charge in [0.25, 0.3) is 5.91 Å². The molecule has 0 aliphatic carbocycles. The number of methoxy groups -OCH3 is 1. The summed E-state index contributed by atoms with van der Waals surface area (Å²) < 4.78 is 7.43. The van der Waals surface area contributed by atoms with Gasteiger partial charge in [0.05, 0.1) is 41.2 Å². The molecule has 0 radical (unpaired) electrons. The first kappa shape index (κ1) is 22.7. The van der Waals surface area contributed by atoms with Gasteiger partial charge in [-0.15, -0.1) is 0 Å². The lowest BCUT2D eigenvalue weighted by molar-refractivity contribution is 0.0988. The molecule has 3 aromatic carbocycles. The molecule has 6 nitrogen and oxygen atoms in total. The number of aromatic nitrogens is 2. The van der Waals surface area contributed by atoms with Crippen LogP contribution in [0.25, 0.3) is 16.8 Å². The Hall–Kier alpha value is -3.79. The minimum atomic E-state index is -0.432. The van der Waals surface area contributed by atoms with Gasteiger partial charge in [-0.05, 0) is 53.4 Å². The number of nitrogens with zero attached hydrogens (tertiary/aromatic N) is 4. The van der Waals surface area contributed by atoms with Gasteiger partial charge in [0.2, 0.25) is 0 Å². The van der Waals surface area contributed by atoms with Crippen molar-refractivity contribution >= 4 is 34.8 Å². The number of anilines is 1. The van der Waals surface area contributed by atoms with E-state index in [9.17, 15) is 10.1 Å². The lowest BCUT2D eigenvalue weighted by atomic mass is 9.85. The molecule has 178 valence electrons. The molecule has 2 aliphatic heterocycles. The molecule has 4 aromatic rings. The monoisotopic (exact) mass is 514 g/mol. The zero-order valence-corrected chi connectivity index (χ0v) is 21.2. The van der Waals surface area contributed by atoms with Gasteiger partial charge in [-0.3, -0.25) is 9.69 Å². The Morgan fingerprint density at radius 3 is 2.58 bits per heavy atom. The summed E-state index contributed by atoms with van der Waals surface area (Å²) in [7, 11) is 1.62. The maximum atomic E-state index is 14.0. The number of nitriles is 1. The molecule has 1 aromatic heterocycles. The van der Waals surface area contributed by atoms with Crippen molar-refractivity contribution in [1.29, 1.82) is 5.26 Å². The molecule has 1 atom stereocenters. The second-order valence-corrected chi connectivity index (χ2v) is 10.0. The zero-order valence-electron chi connectivity index (χ0n) is 19.7. The standard InChI is InChI=1S/C28H20Cl2N4O2/c1-14(2)26-24-25(32-34(26)20-6-4-5-7-22(20)36-3)28(35)33-21-11-15(13-31)10-19(30)23(21)18-12-16(29)8-9-17(18)27(24)33/h4-12,14,27H,1-3H3. The van der Waals surface area contributed by atoms with Crippen LogP contribution < -0.4 is 9.64 Å². The molecule has 1 unspecified atom stereocenters. The molecule has 0 fully saturated rings. The summed E-state index contributed by atoms with van der Waals surface area (Å²) in [5.41, 5.74) is 6.30. The normalized spacial score (nSPS) is 15.3. The molecule has 6 rings (SSSR count). The van der Waals surface area contributed by atoms with Gasteiger partial charge < -0.3 is 4.74 Å². The van der Waals surface area contributed by atoms with Crippen LogP contribution in [0.5, 0.6) is 5.75 Å². The molecule has 0 spiro atoms. The van der Waals surface area contributed by atoms with Gasteiger partial charge in [0.15, 0.2) is 5.69 Å². The number of carbonyl (C=O) groups excluding carboxylic acids is 1. The molecule has 0 saturated carbocycles. The van der Waals surface area contributed by atoms with E-state index in [1.54, 1.807) is 24.1 Å². The van der Waals surface area contributed by atoms with Crippen LogP contribution in [-0.2, 0) is 0 Å². The molecule has 0 N–H and O–H groups in total. The summed E-state index contributed by atoms with van der Waals surface area (Å²) in [5.74, 6) is 0.472. The first-order chi connectivity index (χ1) is 17.3. The molecule has 8 heteroatoms. The highest BCUT2D eigenvalue weighted by atomic mass is 35.5. The number of benzene rings is 3. The van der Waals surface area contributed by atoms with Crippen molar-refractivity contribution in [1.82, 2.24) is 9.78 Å². The highest BCUT2D eigenvalue weighted by Crippen LogP contribution is 2.55. The number of amides is 1. The largest absolute Gasteiger partial charge is 0.494 e. The average molecular weight is 515 g/mol. The van der Waals surface area contributed by atoms with Gasteiger partial charge >= 0.3 is 0 Å². The minimum absolute atomic E-state index is 0.0464. The van der Waals surface area contributed by atoms with Crippen LogP contribution in [0.1, 0.15) is 58.7 Å². The molecule has 0 bridgehead atoms. The molecule has 0 saturated heterocycles. The number of halogens is 2. The van der Waals surface area contributed by atoms with E-state index in [1.807, 2.05) is 47.1 Å². The van der Waals surface area contributed by atoms with Crippen LogP contribution in [0.4, 0.5) is 5.69 Å². The first-order valence-electron chi connectivity index (χ1n) is 11.5. The Morgan fingerprint density at radius 1 is 1.08 bits per heavy atom. The quantitative estimate of drug-likeness (QED) is 0.297. The van der Waals surface area contributed by atoms with Crippen LogP contribution >= 0.6 is 23.2 Å². The smallest absolute Gasteiger partial charge is 0.280 e. The Bertz CT molecular complexity index is 1630. The second kappa shape index (κ2) is 8.12. The predicted molar refractivity (Wildman–Crippen MR) is 139 cm³/mol. The third kappa shape index (κ3) is 3.03. The fourth-order valence-electron chi connectivity index (χ4n) is 5.41. The van der Waals surface area contributed by atoms with Crippen molar-refractivity contribution in [3.05, 3.63) is 92.7 Å². The fraction of sp³-hybridized carbons (Fsp3) is 0.179. The predicted octanol–water partition coefficient (Wildman–Crippen LogP) is 6.91. The number of para-hydroxylation sites is 2. The van der Waals surface area contributed by atoms with E-state index in [2.05, 4.69) is 19.9 Å². The zero-order chi connectivity index (χ0) is 25.3. The Labute approximate surface area is 218 Å². The molecule has 1 amide bonds. The van der Waals surface area contributed by atoms with Crippen LogP contribution in [-0.4, -0.2) is 22.8 Å². The van der Waals surface area contributed by atoms with Crippen molar-refractivity contribution in [2.75, 3.05) is 12.0 Å². The number of ether oxygens (including phenoxy) is 1. The molecule has 2 aliphatic rings. The van der Waals surface area contributed by atoms with Gasteiger partial charge in [0, 0.05) is 16.1 Å². The van der Waals surface area contributed by atoms with Crippen molar-refractivity contribution in [2.45, 2.75) is 25.8 Å². The summed E-state index contributed by atoms with van der Waals surface area (Å²) in [6.07, 6.45) is 0. The van der Waals surface area contributed by atoms with Crippen molar-refractivity contribution in [3.8, 4) is 28.6 Å². The SMILES string of the molecule is COc1ccccc1-n1nc2c(c1C(C)C)C1c3ccc(Cl)cc3-c3c(Cl)cc(C#N)cc3N1C2=O. The third-order valence-corrected chi connectivity index (χ3v) is 7.34. The lowest BCUT2D eigenvalue weighted by Gasteiger charge is -2.35. The summed E-state index contributed by atoms with van der Waals surface area (Å²) in [6, 6.07) is 18.3. The van der Waals surface area contributed by atoms with Gasteiger partial charge in [-0.2, -0.15) is 10.4 Å². The summed E-state index contributed by atoms with van der Waals surface area (Å²) >= 11 is 13.1. The highest BCUT2D eigenvalue weighted by molar-refractivity contribution is 6.35. The van der Waals surface area contributed by atoms with E-state index in [-0.39, 0.29) is 11.8 Å². The first-order valence-corrected chi connectivity index (χ1v) is 12.2. The number of hydrogen-bond donors (Lipinski definition) is 0. The van der Waals surface area contributed by atoms with Crippen LogP contribution in [0, 0.1) is 11.3 Å². The highest BCUT2D eigenvalue weighted by Gasteiger charge is 2.49. The number of rotatable bonds is 3. The van der Waals surface area contributed by atoms with Gasteiger partial charge in [-0.1, -0.05) is 55.2 Å². The lowest BCUT2D eigenvalue weighted by Crippen LogP contribution is -2.33. The Balaban J connectivity index is 1.68. The van der Waals surface area contributed by atoms with Gasteiger partial charge in [0.1, 0.15) is 11.4 Å². The van der Waals surface area contributed by atoms with Crippen molar-refractivity contribution in [3.63, 3.8) is 0 Å². The molecule has 36 heavy (non-hydrogen) atoms. The third-order valence-electron chi connectivity index (χ3n) is 6.81.